The van der Waals surface area contributed by atoms with E-state index in [0.29, 0.717) is 0 Å². The fourth-order valence-corrected chi connectivity index (χ4v) is 2.68. The van der Waals surface area contributed by atoms with Gasteiger partial charge in [0.25, 0.3) is 0 Å². The number of halogens is 3. The number of hydrogen-bond acceptors (Lipinski definition) is 4. The Balaban J connectivity index is 2.09. The number of carbonyl (C=O) groups is 2. The summed E-state index contributed by atoms with van der Waals surface area (Å²) in [4.78, 5) is 25.0. The maximum Gasteiger partial charge on any atom is 0.471 e. The number of amides is 2. The molecular formula is C18H23F3N2O4. The van der Waals surface area contributed by atoms with Crippen molar-refractivity contribution >= 4 is 12.0 Å². The minimum atomic E-state index is -4.95. The molecule has 150 valence electrons. The van der Waals surface area contributed by atoms with E-state index in [2.05, 4.69) is 0 Å². The van der Waals surface area contributed by atoms with Crippen LogP contribution < -0.4 is 5.32 Å². The number of ether oxygens (including phenoxy) is 2. The highest BCUT2D eigenvalue weighted by atomic mass is 19.4. The largest absolute Gasteiger partial charge is 0.471 e. The van der Waals surface area contributed by atoms with Gasteiger partial charge in [0.15, 0.2) is 0 Å². The van der Waals surface area contributed by atoms with E-state index in [1.165, 1.54) is 4.90 Å². The predicted molar refractivity (Wildman–Crippen MR) is 90.8 cm³/mol. The van der Waals surface area contributed by atoms with E-state index in [1.807, 2.05) is 35.6 Å². The molecule has 1 aliphatic rings. The van der Waals surface area contributed by atoms with Crippen LogP contribution in [0.25, 0.3) is 0 Å². The van der Waals surface area contributed by atoms with Gasteiger partial charge in [0.1, 0.15) is 0 Å². The highest BCUT2D eigenvalue weighted by Gasteiger charge is 2.45. The number of benzene rings is 1. The van der Waals surface area contributed by atoms with Crippen molar-refractivity contribution in [2.24, 2.45) is 5.41 Å². The Bertz CT molecular complexity index is 646. The summed E-state index contributed by atoms with van der Waals surface area (Å²) >= 11 is 0. The van der Waals surface area contributed by atoms with Gasteiger partial charge in [-0.25, -0.2) is 4.79 Å². The zero-order chi connectivity index (χ0) is 20.1. The average Bonchev–Trinajstić information content (AvgIpc) is 2.55. The van der Waals surface area contributed by atoms with Crippen LogP contribution in [0.2, 0.25) is 0 Å². The lowest BCUT2D eigenvalue weighted by Crippen LogP contribution is -2.58. The third kappa shape index (κ3) is 6.13. The number of nitrogens with one attached hydrogen (secondary N) is 1. The Morgan fingerprint density at radius 3 is 2.37 bits per heavy atom. The molecular weight excluding hydrogens is 365 g/mol. The van der Waals surface area contributed by atoms with E-state index in [4.69, 9.17) is 9.47 Å². The van der Waals surface area contributed by atoms with Crippen molar-refractivity contribution in [3.63, 3.8) is 0 Å². The van der Waals surface area contributed by atoms with Crippen molar-refractivity contribution in [3.8, 4) is 0 Å². The first-order valence-electron chi connectivity index (χ1n) is 8.54. The molecule has 9 heteroatoms. The Morgan fingerprint density at radius 2 is 1.89 bits per heavy atom. The molecule has 0 spiro atoms. The van der Waals surface area contributed by atoms with Crippen LogP contribution in [0.15, 0.2) is 30.3 Å². The Hall–Kier alpha value is -2.29. The average molecular weight is 388 g/mol. The molecule has 1 aromatic carbocycles. The van der Waals surface area contributed by atoms with E-state index < -0.39 is 23.6 Å². The molecule has 0 bridgehead atoms. The molecule has 0 saturated carbocycles. The van der Waals surface area contributed by atoms with Crippen LogP contribution in [-0.2, 0) is 20.8 Å². The molecule has 1 saturated heterocycles. The first-order valence-corrected chi connectivity index (χ1v) is 8.54. The molecule has 1 heterocycles. The van der Waals surface area contributed by atoms with Crippen LogP contribution in [0.3, 0.4) is 0 Å². The number of hydrogen-bond donors (Lipinski definition) is 1. The van der Waals surface area contributed by atoms with Gasteiger partial charge in [-0.05, 0) is 19.4 Å². The molecule has 0 aliphatic carbocycles. The fourth-order valence-electron chi connectivity index (χ4n) is 2.68. The fraction of sp³-hybridized carbons (Fsp3) is 0.556. The molecule has 0 aromatic heterocycles. The Morgan fingerprint density at radius 1 is 1.26 bits per heavy atom. The van der Waals surface area contributed by atoms with Crippen molar-refractivity contribution in [2.45, 2.75) is 32.7 Å². The number of carbonyl (C=O) groups excluding carboxylic acids is 2. The molecule has 1 aliphatic heterocycles. The van der Waals surface area contributed by atoms with Crippen molar-refractivity contribution in [3.05, 3.63) is 35.9 Å². The monoisotopic (exact) mass is 388 g/mol. The van der Waals surface area contributed by atoms with Crippen molar-refractivity contribution in [1.82, 2.24) is 10.2 Å². The summed E-state index contributed by atoms with van der Waals surface area (Å²) in [6.07, 6.45) is -5.86. The Labute approximate surface area is 155 Å². The van der Waals surface area contributed by atoms with Gasteiger partial charge in [-0.2, -0.15) is 13.2 Å². The number of rotatable bonds is 7. The van der Waals surface area contributed by atoms with Crippen molar-refractivity contribution in [2.75, 3.05) is 26.3 Å². The maximum atomic E-state index is 12.5. The second-order valence-corrected chi connectivity index (χ2v) is 6.95. The smallest absolute Gasteiger partial charge is 0.447 e. The van der Waals surface area contributed by atoms with Crippen molar-refractivity contribution < 1.29 is 32.2 Å². The Kier molecular flexibility index (Phi) is 6.69. The molecule has 2 rings (SSSR count). The van der Waals surface area contributed by atoms with Gasteiger partial charge in [0, 0.05) is 19.6 Å². The summed E-state index contributed by atoms with van der Waals surface area (Å²) in [5.74, 6) is -2.01. The quantitative estimate of drug-likeness (QED) is 0.780. The van der Waals surface area contributed by atoms with E-state index in [-0.39, 0.29) is 39.0 Å². The second-order valence-electron chi connectivity index (χ2n) is 6.95. The third-order valence-corrected chi connectivity index (χ3v) is 4.04. The van der Waals surface area contributed by atoms with Crippen LogP contribution in [0.4, 0.5) is 18.0 Å². The van der Waals surface area contributed by atoms with Crippen molar-refractivity contribution in [1.29, 1.82) is 0 Å². The summed E-state index contributed by atoms with van der Waals surface area (Å²) in [6.45, 7) is 3.81. The molecule has 1 aromatic rings. The van der Waals surface area contributed by atoms with Crippen LogP contribution in [0.1, 0.15) is 19.4 Å². The van der Waals surface area contributed by atoms with Gasteiger partial charge < -0.3 is 19.7 Å². The van der Waals surface area contributed by atoms with Gasteiger partial charge in [0.2, 0.25) is 0 Å². The minimum absolute atomic E-state index is 0.103. The number of alkyl halides is 3. The zero-order valence-corrected chi connectivity index (χ0v) is 15.2. The third-order valence-electron chi connectivity index (χ3n) is 4.04. The van der Waals surface area contributed by atoms with Crippen LogP contribution in [0, 0.1) is 5.41 Å². The summed E-state index contributed by atoms with van der Waals surface area (Å²) < 4.78 is 47.7. The molecule has 1 N–H and O–H groups in total. The van der Waals surface area contributed by atoms with E-state index in [0.717, 1.165) is 5.56 Å². The molecule has 0 radical (unpaired) electrons. The standard InChI is InChI=1S/C18H23F3N2O4/c1-13(2)27-16(25)23(8-14-6-4-3-5-7-14)10-17(11-26-12-17)9-22-15(24)18(19,20)21/h3-7,13H,8-12H2,1-2H3,(H,22,24). The minimum Gasteiger partial charge on any atom is -0.447 e. The molecule has 0 atom stereocenters. The zero-order valence-electron chi connectivity index (χ0n) is 15.2. The van der Waals surface area contributed by atoms with Crippen LogP contribution in [0.5, 0.6) is 0 Å². The highest BCUT2D eigenvalue weighted by molar-refractivity contribution is 5.81. The highest BCUT2D eigenvalue weighted by Crippen LogP contribution is 2.29. The van der Waals surface area contributed by atoms with Gasteiger partial charge >= 0.3 is 18.2 Å². The summed E-state index contributed by atoms with van der Waals surface area (Å²) in [5.41, 5.74) is 0.0685. The second kappa shape index (κ2) is 8.60. The lowest BCUT2D eigenvalue weighted by molar-refractivity contribution is -0.177. The first kappa shape index (κ1) is 21.0. The van der Waals surface area contributed by atoms with E-state index in [1.54, 1.807) is 13.8 Å². The maximum absolute atomic E-state index is 12.5. The topological polar surface area (TPSA) is 67.9 Å². The molecule has 6 nitrogen and oxygen atoms in total. The van der Waals surface area contributed by atoms with Gasteiger partial charge in [0.05, 0.1) is 24.7 Å². The van der Waals surface area contributed by atoms with Crippen LogP contribution in [-0.4, -0.2) is 55.5 Å². The summed E-state index contributed by atoms with van der Waals surface area (Å²) in [5, 5.41) is 1.89. The predicted octanol–water partition coefficient (Wildman–Crippen LogP) is 2.73. The van der Waals surface area contributed by atoms with E-state index >= 15 is 0 Å². The first-order chi connectivity index (χ1) is 12.6. The molecule has 2 amide bonds. The lowest BCUT2D eigenvalue weighted by Gasteiger charge is -2.44. The van der Waals surface area contributed by atoms with Gasteiger partial charge in [-0.15, -0.1) is 0 Å². The summed E-state index contributed by atoms with van der Waals surface area (Å²) in [7, 11) is 0. The van der Waals surface area contributed by atoms with Gasteiger partial charge in [-0.3, -0.25) is 4.79 Å². The SMILES string of the molecule is CC(C)OC(=O)N(Cc1ccccc1)CC1(CNC(=O)C(F)(F)F)COC1. The number of nitrogens with zero attached hydrogens (tertiary/aromatic N) is 1. The van der Waals surface area contributed by atoms with Crippen LogP contribution >= 0.6 is 0 Å². The van der Waals surface area contributed by atoms with Gasteiger partial charge in [-0.1, -0.05) is 30.3 Å². The summed E-state index contributed by atoms with van der Waals surface area (Å²) in [6, 6.07) is 9.17. The van der Waals surface area contributed by atoms with E-state index in [9.17, 15) is 22.8 Å². The lowest BCUT2D eigenvalue weighted by atomic mass is 9.85. The normalized spacial score (nSPS) is 15.8. The molecule has 27 heavy (non-hydrogen) atoms. The molecule has 1 fully saturated rings. The molecule has 0 unspecified atom stereocenters.